The van der Waals surface area contributed by atoms with E-state index in [0.717, 1.165) is 59.0 Å². The lowest BCUT2D eigenvalue weighted by atomic mass is 10.0. The maximum Gasteiger partial charge on any atom is 0.416 e. The highest BCUT2D eigenvalue weighted by atomic mass is 32.1. The molecule has 35 heavy (non-hydrogen) atoms. The molecule has 3 aromatic rings. The van der Waals surface area contributed by atoms with Crippen LogP contribution in [0.15, 0.2) is 42.6 Å². The molecule has 2 aromatic heterocycles. The fraction of sp³-hybridized carbons (Fsp3) is 0.333. The second-order valence-corrected chi connectivity index (χ2v) is 9.32. The van der Waals surface area contributed by atoms with Gasteiger partial charge in [-0.3, -0.25) is 10.1 Å². The smallest absolute Gasteiger partial charge is 0.416 e. The predicted molar refractivity (Wildman–Crippen MR) is 126 cm³/mol. The minimum Gasteiger partial charge on any atom is -0.452 e. The minimum absolute atomic E-state index is 0.00961. The summed E-state index contributed by atoms with van der Waals surface area (Å²) < 4.78 is 44.3. The van der Waals surface area contributed by atoms with E-state index < -0.39 is 23.4 Å². The molecule has 184 valence electrons. The van der Waals surface area contributed by atoms with E-state index in [9.17, 15) is 22.8 Å². The molecule has 1 fully saturated rings. The van der Waals surface area contributed by atoms with Crippen molar-refractivity contribution < 1.29 is 27.5 Å². The number of carbonyl (C=O) groups excluding carboxylic acids is 2. The van der Waals surface area contributed by atoms with Crippen molar-refractivity contribution in [3.05, 3.63) is 58.9 Å². The zero-order valence-electron chi connectivity index (χ0n) is 19.0. The van der Waals surface area contributed by atoms with Gasteiger partial charge in [0.25, 0.3) is 0 Å². The van der Waals surface area contributed by atoms with Gasteiger partial charge in [0.1, 0.15) is 10.8 Å². The molecule has 1 saturated carbocycles. The van der Waals surface area contributed by atoms with Gasteiger partial charge in [-0.05, 0) is 62.9 Å². The van der Waals surface area contributed by atoms with Crippen LogP contribution in [0.4, 0.5) is 29.5 Å². The number of pyridine rings is 1. The first-order valence-corrected chi connectivity index (χ1v) is 11.8. The summed E-state index contributed by atoms with van der Waals surface area (Å²) >= 11 is 1.46. The van der Waals surface area contributed by atoms with Crippen LogP contribution in [0.25, 0.3) is 10.4 Å². The highest BCUT2D eigenvalue weighted by Crippen LogP contribution is 2.46. The summed E-state index contributed by atoms with van der Waals surface area (Å²) in [6.07, 6.45) is 0.479. The number of alkyl halides is 3. The van der Waals surface area contributed by atoms with Gasteiger partial charge in [0.2, 0.25) is 0 Å². The predicted octanol–water partition coefficient (Wildman–Crippen LogP) is 6.51. The number of ether oxygens (including phenoxy) is 1. The Kier molecular flexibility index (Phi) is 6.79. The van der Waals surface area contributed by atoms with Crippen molar-refractivity contribution in [1.29, 1.82) is 0 Å². The molecule has 1 aliphatic rings. The summed E-state index contributed by atoms with van der Waals surface area (Å²) in [5, 5.41) is 5.64. The minimum atomic E-state index is -4.50. The van der Waals surface area contributed by atoms with Crippen LogP contribution in [0, 0.1) is 6.92 Å². The number of aromatic nitrogens is 2. The zero-order chi connectivity index (χ0) is 25.2. The van der Waals surface area contributed by atoms with E-state index in [-0.39, 0.29) is 17.5 Å². The van der Waals surface area contributed by atoms with E-state index in [1.165, 1.54) is 30.4 Å². The van der Waals surface area contributed by atoms with E-state index in [2.05, 4.69) is 20.6 Å². The summed E-state index contributed by atoms with van der Waals surface area (Å²) in [7, 11) is 0. The Bertz CT molecular complexity index is 1240. The molecule has 0 radical (unpaired) electrons. The number of carbonyl (C=O) groups is 2. The highest BCUT2D eigenvalue weighted by Gasteiger charge is 2.42. The summed E-state index contributed by atoms with van der Waals surface area (Å²) in [5.74, 6) is -0.102. The number of halogens is 3. The van der Waals surface area contributed by atoms with Crippen molar-refractivity contribution in [3.8, 4) is 10.4 Å². The quantitative estimate of drug-likeness (QED) is 0.387. The van der Waals surface area contributed by atoms with E-state index in [0.29, 0.717) is 0 Å². The number of nitrogens with one attached hydrogen (secondary N) is 2. The summed E-state index contributed by atoms with van der Waals surface area (Å²) in [5.41, 5.74) is 0.0375. The number of benzene rings is 1. The van der Waals surface area contributed by atoms with Crippen molar-refractivity contribution in [1.82, 2.24) is 9.97 Å². The number of hydrogen-bond donors (Lipinski definition) is 2. The Labute approximate surface area is 203 Å². The Balaban J connectivity index is 1.46. The van der Waals surface area contributed by atoms with Crippen molar-refractivity contribution in [2.75, 3.05) is 10.6 Å². The molecule has 11 heteroatoms. The first kappa shape index (κ1) is 24.6. The summed E-state index contributed by atoms with van der Waals surface area (Å²) in [6, 6.07) is 7.01. The first-order valence-electron chi connectivity index (χ1n) is 10.9. The topological polar surface area (TPSA) is 93.2 Å². The highest BCUT2D eigenvalue weighted by molar-refractivity contribution is 7.15. The molecular formula is C24H23F3N4O3S. The standard InChI is InChI=1S/C24H23F3N4O3S/c1-14-20(35-21(29-14)23(34-15(2)32)10-3-4-11-23)16-8-9-19(28-13-16)31-22(33)30-18-7-5-6-17(12-18)24(25,26)27/h5-9,12-13H,3-4,10-11H2,1-2H3,(H2,28,30,31,33). The molecular weight excluding hydrogens is 481 g/mol. The van der Waals surface area contributed by atoms with Crippen LogP contribution in [0.5, 0.6) is 0 Å². The number of rotatable bonds is 5. The zero-order valence-corrected chi connectivity index (χ0v) is 19.8. The van der Waals surface area contributed by atoms with Crippen LogP contribution in [-0.2, 0) is 21.3 Å². The van der Waals surface area contributed by atoms with Gasteiger partial charge < -0.3 is 10.1 Å². The third-order valence-electron chi connectivity index (χ3n) is 5.65. The molecule has 0 saturated heterocycles. The lowest BCUT2D eigenvalue weighted by Crippen LogP contribution is -2.28. The van der Waals surface area contributed by atoms with Crippen LogP contribution >= 0.6 is 11.3 Å². The van der Waals surface area contributed by atoms with E-state index >= 15 is 0 Å². The third kappa shape index (κ3) is 5.61. The number of anilines is 2. The second kappa shape index (κ2) is 9.65. The number of urea groups is 1. The fourth-order valence-electron chi connectivity index (χ4n) is 4.09. The SMILES string of the molecule is CC(=O)OC1(c2nc(C)c(-c3ccc(NC(=O)Nc4cccc(C(F)(F)F)c4)nc3)s2)CCCC1. The van der Waals surface area contributed by atoms with E-state index in [4.69, 9.17) is 4.74 Å². The Morgan fingerprint density at radius 1 is 1.11 bits per heavy atom. The molecule has 2 heterocycles. The van der Waals surface area contributed by atoms with Crippen molar-refractivity contribution in [2.24, 2.45) is 0 Å². The Morgan fingerprint density at radius 3 is 2.49 bits per heavy atom. The largest absolute Gasteiger partial charge is 0.452 e. The van der Waals surface area contributed by atoms with Gasteiger partial charge in [-0.25, -0.2) is 14.8 Å². The summed E-state index contributed by atoms with van der Waals surface area (Å²) in [6.45, 7) is 3.28. The molecule has 7 nitrogen and oxygen atoms in total. The third-order valence-corrected chi connectivity index (χ3v) is 7.04. The molecule has 0 unspecified atom stereocenters. The van der Waals surface area contributed by atoms with Gasteiger partial charge in [0, 0.05) is 24.4 Å². The van der Waals surface area contributed by atoms with Gasteiger partial charge in [-0.2, -0.15) is 13.2 Å². The molecule has 0 atom stereocenters. The van der Waals surface area contributed by atoms with Crippen LogP contribution in [0.3, 0.4) is 0 Å². The lowest BCUT2D eigenvalue weighted by molar-refractivity contribution is -0.157. The van der Waals surface area contributed by atoms with Crippen molar-refractivity contribution in [2.45, 2.75) is 51.3 Å². The van der Waals surface area contributed by atoms with Crippen LogP contribution in [-0.4, -0.2) is 22.0 Å². The number of nitrogens with zero attached hydrogens (tertiary/aromatic N) is 2. The van der Waals surface area contributed by atoms with Gasteiger partial charge in [0.05, 0.1) is 16.1 Å². The first-order chi connectivity index (χ1) is 16.6. The molecule has 1 aromatic carbocycles. The van der Waals surface area contributed by atoms with Crippen LogP contribution in [0.2, 0.25) is 0 Å². The fourth-order valence-corrected chi connectivity index (χ4v) is 5.33. The maximum atomic E-state index is 12.9. The number of thiazole rings is 1. The molecule has 4 rings (SSSR count). The van der Waals surface area contributed by atoms with E-state index in [1.807, 2.05) is 6.92 Å². The summed E-state index contributed by atoms with van der Waals surface area (Å²) in [4.78, 5) is 33.7. The average Bonchev–Trinajstić information content (AvgIpc) is 3.41. The van der Waals surface area contributed by atoms with Crippen LogP contribution < -0.4 is 10.6 Å². The van der Waals surface area contributed by atoms with Gasteiger partial charge in [0.15, 0.2) is 5.60 Å². The normalized spacial score (nSPS) is 15.0. The van der Waals surface area contributed by atoms with Crippen molar-refractivity contribution in [3.63, 3.8) is 0 Å². The van der Waals surface area contributed by atoms with Gasteiger partial charge in [-0.15, -0.1) is 11.3 Å². The molecule has 0 bridgehead atoms. The molecule has 0 spiro atoms. The van der Waals surface area contributed by atoms with Crippen LogP contribution in [0.1, 0.15) is 48.9 Å². The Morgan fingerprint density at radius 2 is 1.86 bits per heavy atom. The monoisotopic (exact) mass is 504 g/mol. The van der Waals surface area contributed by atoms with Gasteiger partial charge in [-0.1, -0.05) is 6.07 Å². The number of amides is 2. The molecule has 0 aliphatic heterocycles. The molecule has 2 amide bonds. The van der Waals surface area contributed by atoms with Gasteiger partial charge >= 0.3 is 18.2 Å². The number of esters is 1. The molecule has 1 aliphatic carbocycles. The van der Waals surface area contributed by atoms with Crippen molar-refractivity contribution >= 4 is 34.8 Å². The Hall–Kier alpha value is -3.47. The second-order valence-electron chi connectivity index (χ2n) is 8.32. The average molecular weight is 505 g/mol. The van der Waals surface area contributed by atoms with E-state index in [1.54, 1.807) is 18.3 Å². The number of hydrogen-bond acceptors (Lipinski definition) is 6. The number of aryl methyl sites for hydroxylation is 1. The molecule has 2 N–H and O–H groups in total. The lowest BCUT2D eigenvalue weighted by Gasteiger charge is -2.26. The maximum absolute atomic E-state index is 12.9.